The molecule has 0 bridgehead atoms. The van der Waals surface area contributed by atoms with Crippen LogP contribution < -0.4 is 25.4 Å². The minimum atomic E-state index is -1.68. The van der Waals surface area contributed by atoms with Crippen LogP contribution in [0.2, 0.25) is 0 Å². The number of likely N-dealkylation sites (N-methyl/N-ethyl adjacent to an activating group) is 1. The van der Waals surface area contributed by atoms with Crippen molar-refractivity contribution in [3.05, 3.63) is 72.3 Å². The lowest BCUT2D eigenvalue weighted by atomic mass is 10.1. The number of hydrogen-bond acceptors (Lipinski definition) is 8. The number of fused-ring (bicyclic) bond motifs is 1. The van der Waals surface area contributed by atoms with Crippen molar-refractivity contribution in [3.8, 4) is 5.75 Å². The van der Waals surface area contributed by atoms with Crippen molar-refractivity contribution >= 4 is 50.9 Å². The maximum atomic E-state index is 13.4. The van der Waals surface area contributed by atoms with Crippen LogP contribution in [0.25, 0.3) is 11.0 Å². The number of aryl methyl sites for hydroxylation is 1. The number of benzene rings is 3. The molecule has 4 aromatic rings. The molecule has 210 valence electrons. The number of anilines is 4. The summed E-state index contributed by atoms with van der Waals surface area (Å²) in [5.41, 5.74) is 3.79. The summed E-state index contributed by atoms with van der Waals surface area (Å²) in [5, 5.41) is 9.28. The standard InChI is InChI=1S/C29H35N7O3S/c1-5-20-15-22(17-23(16-20)39-4)32-28-29(34-26-12-7-6-11-25(26)33-28)35-40(38)24-10-8-9-21(18-24)31-27(37)19-30-13-14-36(2)3/h6-12,15-18,30H,5,13-14,19H2,1-4H3,(H,31,37)(H,32,33)(H,34,35). The maximum Gasteiger partial charge on any atom is 0.238 e. The lowest BCUT2D eigenvalue weighted by Crippen LogP contribution is -2.33. The summed E-state index contributed by atoms with van der Waals surface area (Å²) in [5.74, 6) is 1.31. The van der Waals surface area contributed by atoms with Gasteiger partial charge in [0.1, 0.15) is 5.75 Å². The highest BCUT2D eigenvalue weighted by atomic mass is 32.2. The quantitative estimate of drug-likeness (QED) is 0.180. The second-order valence-corrected chi connectivity index (χ2v) is 10.6. The first-order chi connectivity index (χ1) is 19.3. The molecular formula is C29H35N7O3S. The van der Waals surface area contributed by atoms with Crippen molar-refractivity contribution in [2.45, 2.75) is 18.2 Å². The SMILES string of the molecule is CCc1cc(Nc2nc3ccccc3nc2NS(=O)c2cccc(NC(=O)CNCCN(C)C)c2)cc(OC)c1. The molecule has 3 aromatic carbocycles. The number of carbonyl (C=O) groups excluding carboxylic acids is 1. The molecule has 0 aliphatic carbocycles. The van der Waals surface area contributed by atoms with Gasteiger partial charge in [-0.25, -0.2) is 14.2 Å². The topological polar surface area (TPSA) is 121 Å². The molecule has 0 spiro atoms. The first-order valence-electron chi connectivity index (χ1n) is 13.0. The predicted molar refractivity (Wildman–Crippen MR) is 162 cm³/mol. The number of aromatic nitrogens is 2. The number of ether oxygens (including phenoxy) is 1. The number of hydrogen-bond donors (Lipinski definition) is 4. The molecule has 0 aliphatic rings. The van der Waals surface area contributed by atoms with Gasteiger partial charge in [0, 0.05) is 30.5 Å². The molecule has 4 N–H and O–H groups in total. The zero-order valence-corrected chi connectivity index (χ0v) is 24.0. The lowest BCUT2D eigenvalue weighted by Gasteiger charge is -2.15. The molecule has 0 saturated heterocycles. The van der Waals surface area contributed by atoms with Crippen LogP contribution in [0.3, 0.4) is 0 Å². The van der Waals surface area contributed by atoms with Crippen LogP contribution in [0, 0.1) is 0 Å². The summed E-state index contributed by atoms with van der Waals surface area (Å²) < 4.78 is 21.9. The average molecular weight is 562 g/mol. The molecule has 11 heteroatoms. The van der Waals surface area contributed by atoms with Gasteiger partial charge in [-0.2, -0.15) is 0 Å². The monoisotopic (exact) mass is 561 g/mol. The largest absolute Gasteiger partial charge is 0.497 e. The number of para-hydroxylation sites is 2. The van der Waals surface area contributed by atoms with E-state index in [1.165, 1.54) is 0 Å². The molecule has 4 rings (SSSR count). The molecular weight excluding hydrogens is 526 g/mol. The smallest absolute Gasteiger partial charge is 0.238 e. The van der Waals surface area contributed by atoms with Crippen molar-refractivity contribution in [2.75, 3.05) is 56.2 Å². The summed E-state index contributed by atoms with van der Waals surface area (Å²) in [6, 6.07) is 20.3. The number of methoxy groups -OCH3 is 1. The van der Waals surface area contributed by atoms with Gasteiger partial charge in [0.2, 0.25) is 5.91 Å². The van der Waals surface area contributed by atoms with Crippen molar-refractivity contribution in [1.82, 2.24) is 20.2 Å². The summed E-state index contributed by atoms with van der Waals surface area (Å²) in [6.07, 6.45) is 0.837. The summed E-state index contributed by atoms with van der Waals surface area (Å²) in [6.45, 7) is 3.79. The molecule has 1 unspecified atom stereocenters. The van der Waals surface area contributed by atoms with Crippen LogP contribution in [-0.4, -0.2) is 65.8 Å². The third-order valence-electron chi connectivity index (χ3n) is 5.99. The highest BCUT2D eigenvalue weighted by Gasteiger charge is 2.15. The van der Waals surface area contributed by atoms with Gasteiger partial charge in [0.05, 0.1) is 29.6 Å². The molecule has 1 atom stereocenters. The third kappa shape index (κ3) is 7.98. The van der Waals surface area contributed by atoms with Gasteiger partial charge in [-0.05, 0) is 68.5 Å². The van der Waals surface area contributed by atoms with E-state index >= 15 is 0 Å². The summed E-state index contributed by atoms with van der Waals surface area (Å²) in [7, 11) is 3.90. The van der Waals surface area contributed by atoms with Crippen LogP contribution in [0.4, 0.5) is 23.0 Å². The van der Waals surface area contributed by atoms with Gasteiger partial charge in [0.15, 0.2) is 22.6 Å². The molecule has 0 radical (unpaired) electrons. The van der Waals surface area contributed by atoms with E-state index < -0.39 is 11.0 Å². The normalized spacial score (nSPS) is 11.8. The Balaban J connectivity index is 1.54. The van der Waals surface area contributed by atoms with Gasteiger partial charge in [-0.3, -0.25) is 9.52 Å². The van der Waals surface area contributed by atoms with Gasteiger partial charge in [-0.15, -0.1) is 0 Å². The molecule has 1 heterocycles. The van der Waals surface area contributed by atoms with E-state index in [4.69, 9.17) is 14.7 Å². The van der Waals surface area contributed by atoms with E-state index in [0.29, 0.717) is 39.8 Å². The van der Waals surface area contributed by atoms with Gasteiger partial charge in [-0.1, -0.05) is 25.1 Å². The van der Waals surface area contributed by atoms with E-state index in [1.807, 2.05) is 61.5 Å². The Morgan fingerprint density at radius 3 is 2.40 bits per heavy atom. The maximum absolute atomic E-state index is 13.4. The first-order valence-corrected chi connectivity index (χ1v) is 14.1. The molecule has 1 amide bonds. The van der Waals surface area contributed by atoms with Crippen molar-refractivity contribution in [3.63, 3.8) is 0 Å². The van der Waals surface area contributed by atoms with E-state index in [-0.39, 0.29) is 12.5 Å². The van der Waals surface area contributed by atoms with E-state index in [0.717, 1.165) is 30.0 Å². The predicted octanol–water partition coefficient (Wildman–Crippen LogP) is 4.17. The Labute approximate surface area is 237 Å². The molecule has 40 heavy (non-hydrogen) atoms. The lowest BCUT2D eigenvalue weighted by molar-refractivity contribution is -0.115. The number of amides is 1. The van der Waals surface area contributed by atoms with Crippen LogP contribution in [0.5, 0.6) is 5.75 Å². The minimum absolute atomic E-state index is 0.175. The van der Waals surface area contributed by atoms with E-state index in [2.05, 4.69) is 27.6 Å². The highest BCUT2D eigenvalue weighted by Crippen LogP contribution is 2.29. The molecule has 10 nitrogen and oxygen atoms in total. The van der Waals surface area contributed by atoms with Crippen LogP contribution in [0.1, 0.15) is 12.5 Å². The van der Waals surface area contributed by atoms with Gasteiger partial charge < -0.3 is 25.6 Å². The fraction of sp³-hybridized carbons (Fsp3) is 0.276. The zero-order chi connectivity index (χ0) is 28.5. The fourth-order valence-electron chi connectivity index (χ4n) is 3.90. The third-order valence-corrected chi connectivity index (χ3v) is 7.05. The van der Waals surface area contributed by atoms with Gasteiger partial charge >= 0.3 is 0 Å². The van der Waals surface area contributed by atoms with E-state index in [1.54, 1.807) is 31.4 Å². The van der Waals surface area contributed by atoms with Gasteiger partial charge in [0.25, 0.3) is 0 Å². The highest BCUT2D eigenvalue weighted by molar-refractivity contribution is 7.86. The minimum Gasteiger partial charge on any atom is -0.497 e. The molecule has 0 saturated carbocycles. The zero-order valence-electron chi connectivity index (χ0n) is 23.2. The number of nitrogens with zero attached hydrogens (tertiary/aromatic N) is 3. The fourth-order valence-corrected chi connectivity index (χ4v) is 4.77. The molecule has 0 aliphatic heterocycles. The number of carbonyl (C=O) groups is 1. The van der Waals surface area contributed by atoms with Crippen LogP contribution in [0.15, 0.2) is 71.6 Å². The summed E-state index contributed by atoms with van der Waals surface area (Å²) in [4.78, 5) is 24.3. The Kier molecular flexibility index (Phi) is 10.0. The second kappa shape index (κ2) is 13.8. The van der Waals surface area contributed by atoms with Crippen molar-refractivity contribution in [1.29, 1.82) is 0 Å². The van der Waals surface area contributed by atoms with Crippen LogP contribution in [-0.2, 0) is 22.2 Å². The Morgan fingerprint density at radius 1 is 0.950 bits per heavy atom. The van der Waals surface area contributed by atoms with Crippen molar-refractivity contribution in [2.24, 2.45) is 0 Å². The van der Waals surface area contributed by atoms with Crippen molar-refractivity contribution < 1.29 is 13.7 Å². The Hall–Kier alpha value is -4.06. The average Bonchev–Trinajstić information content (AvgIpc) is 2.95. The molecule has 1 aromatic heterocycles. The van der Waals surface area contributed by atoms with E-state index in [9.17, 15) is 9.00 Å². The van der Waals surface area contributed by atoms with Crippen LogP contribution >= 0.6 is 0 Å². The number of nitrogens with one attached hydrogen (secondary N) is 4. The first kappa shape index (κ1) is 28.9. The Bertz CT molecular complexity index is 1470. The molecule has 0 fully saturated rings. The second-order valence-electron chi connectivity index (χ2n) is 9.38. The Morgan fingerprint density at radius 2 is 1.70 bits per heavy atom. The number of rotatable bonds is 13. The summed E-state index contributed by atoms with van der Waals surface area (Å²) >= 11 is 0.